The number of hydrogen-bond donors (Lipinski definition) is 0. The summed E-state index contributed by atoms with van der Waals surface area (Å²) in [5, 5.41) is 0. The number of halogens is 2. The third kappa shape index (κ3) is 2.88. The Balaban J connectivity index is 1.85. The Hall–Kier alpha value is -1.82. The summed E-state index contributed by atoms with van der Waals surface area (Å²) < 4.78 is 20.5. The Morgan fingerprint density at radius 3 is 2.55 bits per heavy atom. The molecule has 0 radical (unpaired) electrons. The number of furan rings is 1. The zero-order valence-corrected chi connectivity index (χ0v) is 13.8. The van der Waals surface area contributed by atoms with E-state index in [9.17, 15) is 9.18 Å². The van der Waals surface area contributed by atoms with Gasteiger partial charge in [0, 0.05) is 43.1 Å². The summed E-state index contributed by atoms with van der Waals surface area (Å²) in [6, 6.07) is 6.91. The lowest BCUT2D eigenvalue weighted by Gasteiger charge is -2.36. The molecule has 0 N–H and O–H groups in total. The standard InChI is InChI=1S/C16H16BrFN2O2/c1-11(21)19-4-6-20(7-5-19)16-13(17)9-12(10-14(16)18)15-3-2-8-22-15/h2-3,8-10H,4-7H2,1H3. The van der Waals surface area contributed by atoms with Crippen molar-refractivity contribution in [3.8, 4) is 11.3 Å². The van der Waals surface area contributed by atoms with Crippen LogP contribution in [0, 0.1) is 5.82 Å². The van der Waals surface area contributed by atoms with Gasteiger partial charge >= 0.3 is 0 Å². The molecule has 6 heteroatoms. The molecule has 0 spiro atoms. The maximum atomic E-state index is 14.5. The lowest BCUT2D eigenvalue weighted by molar-refractivity contribution is -0.129. The summed E-state index contributed by atoms with van der Waals surface area (Å²) in [5.74, 6) is 0.400. The number of nitrogens with zero attached hydrogens (tertiary/aromatic N) is 2. The van der Waals surface area contributed by atoms with Gasteiger partial charge in [-0.05, 0) is 40.2 Å². The second-order valence-electron chi connectivity index (χ2n) is 5.26. The normalized spacial score (nSPS) is 15.2. The minimum atomic E-state index is -0.294. The number of rotatable bonds is 2. The number of benzene rings is 1. The van der Waals surface area contributed by atoms with Gasteiger partial charge in [-0.1, -0.05) is 0 Å². The zero-order valence-electron chi connectivity index (χ0n) is 12.2. The van der Waals surface area contributed by atoms with Crippen molar-refractivity contribution in [2.75, 3.05) is 31.1 Å². The number of hydrogen-bond acceptors (Lipinski definition) is 3. The predicted molar refractivity (Wildman–Crippen MR) is 86.3 cm³/mol. The van der Waals surface area contributed by atoms with E-state index in [0.29, 0.717) is 47.7 Å². The molecule has 1 aliphatic heterocycles. The van der Waals surface area contributed by atoms with E-state index in [0.717, 1.165) is 0 Å². The van der Waals surface area contributed by atoms with Crippen LogP contribution in [-0.2, 0) is 4.79 Å². The molecule has 3 rings (SSSR count). The van der Waals surface area contributed by atoms with Gasteiger partial charge in [-0.3, -0.25) is 4.79 Å². The Morgan fingerprint density at radius 2 is 2.00 bits per heavy atom. The van der Waals surface area contributed by atoms with Gasteiger partial charge in [0.1, 0.15) is 11.6 Å². The molecule has 2 aromatic rings. The molecule has 1 aliphatic rings. The van der Waals surface area contributed by atoms with Crippen molar-refractivity contribution in [2.45, 2.75) is 6.92 Å². The predicted octanol–water partition coefficient (Wildman–Crippen LogP) is 3.52. The molecule has 1 aromatic heterocycles. The van der Waals surface area contributed by atoms with Crippen LogP contribution in [0.15, 0.2) is 39.4 Å². The minimum Gasteiger partial charge on any atom is -0.464 e. The van der Waals surface area contributed by atoms with E-state index < -0.39 is 0 Å². The Morgan fingerprint density at radius 1 is 1.27 bits per heavy atom. The maximum absolute atomic E-state index is 14.5. The van der Waals surface area contributed by atoms with Crippen LogP contribution in [0.2, 0.25) is 0 Å². The minimum absolute atomic E-state index is 0.0624. The van der Waals surface area contributed by atoms with E-state index in [1.807, 2.05) is 11.0 Å². The van der Waals surface area contributed by atoms with Gasteiger partial charge in [-0.2, -0.15) is 0 Å². The average molecular weight is 367 g/mol. The summed E-state index contributed by atoms with van der Waals surface area (Å²) in [5.41, 5.74) is 1.24. The average Bonchev–Trinajstić information content (AvgIpc) is 3.01. The first kappa shape index (κ1) is 15.1. The van der Waals surface area contributed by atoms with Gasteiger partial charge in [0.05, 0.1) is 12.0 Å². The highest BCUT2D eigenvalue weighted by atomic mass is 79.9. The largest absolute Gasteiger partial charge is 0.464 e. The third-order valence-corrected chi connectivity index (χ3v) is 4.47. The smallest absolute Gasteiger partial charge is 0.219 e. The van der Waals surface area contributed by atoms with Gasteiger partial charge in [-0.25, -0.2) is 4.39 Å². The highest BCUT2D eigenvalue weighted by molar-refractivity contribution is 9.10. The number of amides is 1. The van der Waals surface area contributed by atoms with Crippen molar-refractivity contribution in [3.63, 3.8) is 0 Å². The number of carbonyl (C=O) groups excluding carboxylic acids is 1. The molecule has 0 bridgehead atoms. The summed E-state index contributed by atoms with van der Waals surface area (Å²) in [7, 11) is 0. The fourth-order valence-corrected chi connectivity index (χ4v) is 3.38. The van der Waals surface area contributed by atoms with E-state index in [1.165, 1.54) is 6.07 Å². The van der Waals surface area contributed by atoms with Gasteiger partial charge in [0.15, 0.2) is 0 Å². The number of piperazine rings is 1. The van der Waals surface area contributed by atoms with Gasteiger partial charge in [-0.15, -0.1) is 0 Å². The molecule has 1 fully saturated rings. The van der Waals surface area contributed by atoms with Crippen LogP contribution in [0.4, 0.5) is 10.1 Å². The molecule has 0 saturated carbocycles. The zero-order chi connectivity index (χ0) is 15.7. The van der Waals surface area contributed by atoms with Crippen LogP contribution in [-0.4, -0.2) is 37.0 Å². The van der Waals surface area contributed by atoms with Crippen molar-refractivity contribution in [3.05, 3.63) is 40.8 Å². The number of anilines is 1. The molecule has 22 heavy (non-hydrogen) atoms. The lowest BCUT2D eigenvalue weighted by Crippen LogP contribution is -2.48. The van der Waals surface area contributed by atoms with Gasteiger partial charge < -0.3 is 14.2 Å². The van der Waals surface area contributed by atoms with Gasteiger partial charge in [0.25, 0.3) is 0 Å². The molecule has 2 heterocycles. The molecule has 0 aliphatic carbocycles. The fourth-order valence-electron chi connectivity index (χ4n) is 2.70. The van der Waals surface area contributed by atoms with Crippen molar-refractivity contribution in [1.82, 2.24) is 4.90 Å². The summed E-state index contributed by atoms with van der Waals surface area (Å²) in [6.45, 7) is 4.02. The van der Waals surface area contributed by atoms with Crippen molar-refractivity contribution in [1.29, 1.82) is 0 Å². The topological polar surface area (TPSA) is 36.7 Å². The van der Waals surface area contributed by atoms with Crippen molar-refractivity contribution in [2.24, 2.45) is 0 Å². The van der Waals surface area contributed by atoms with Crippen LogP contribution in [0.1, 0.15) is 6.92 Å². The van der Waals surface area contributed by atoms with Crippen molar-refractivity contribution >= 4 is 27.5 Å². The van der Waals surface area contributed by atoms with Crippen molar-refractivity contribution < 1.29 is 13.6 Å². The molecule has 0 unspecified atom stereocenters. The van der Waals surface area contributed by atoms with Gasteiger partial charge in [0.2, 0.25) is 5.91 Å². The number of carbonyl (C=O) groups is 1. The first-order valence-electron chi connectivity index (χ1n) is 7.09. The van der Waals surface area contributed by atoms with Crippen LogP contribution >= 0.6 is 15.9 Å². The first-order chi connectivity index (χ1) is 10.6. The summed E-state index contributed by atoms with van der Waals surface area (Å²) >= 11 is 3.46. The quantitative estimate of drug-likeness (QED) is 0.815. The Kier molecular flexibility index (Phi) is 4.20. The highest BCUT2D eigenvalue weighted by Crippen LogP contribution is 2.35. The lowest BCUT2D eigenvalue weighted by atomic mass is 10.1. The molecular formula is C16H16BrFN2O2. The molecule has 1 saturated heterocycles. The maximum Gasteiger partial charge on any atom is 0.219 e. The molecule has 1 aromatic carbocycles. The highest BCUT2D eigenvalue weighted by Gasteiger charge is 2.23. The second kappa shape index (κ2) is 6.12. The molecule has 116 valence electrons. The van der Waals surface area contributed by atoms with Crippen LogP contribution in [0.5, 0.6) is 0 Å². The first-order valence-corrected chi connectivity index (χ1v) is 7.89. The van der Waals surface area contributed by atoms with E-state index in [2.05, 4.69) is 15.9 Å². The molecular weight excluding hydrogens is 351 g/mol. The van der Waals surface area contributed by atoms with E-state index >= 15 is 0 Å². The monoisotopic (exact) mass is 366 g/mol. The van der Waals surface area contributed by atoms with Crippen LogP contribution < -0.4 is 4.90 Å². The summed E-state index contributed by atoms with van der Waals surface area (Å²) in [4.78, 5) is 15.1. The molecule has 1 amide bonds. The Bertz CT molecular complexity index is 656. The molecule has 0 atom stereocenters. The Labute approximate surface area is 136 Å². The third-order valence-electron chi connectivity index (χ3n) is 3.86. The van der Waals surface area contributed by atoms with E-state index in [4.69, 9.17) is 4.42 Å². The van der Waals surface area contributed by atoms with E-state index in [1.54, 1.807) is 30.2 Å². The van der Waals surface area contributed by atoms with Crippen LogP contribution in [0.3, 0.4) is 0 Å². The van der Waals surface area contributed by atoms with E-state index in [-0.39, 0.29) is 11.7 Å². The molecule has 4 nitrogen and oxygen atoms in total. The SMILES string of the molecule is CC(=O)N1CCN(c2c(F)cc(-c3ccco3)cc2Br)CC1. The second-order valence-corrected chi connectivity index (χ2v) is 6.11. The van der Waals surface area contributed by atoms with Crippen LogP contribution in [0.25, 0.3) is 11.3 Å². The fraction of sp³-hybridized carbons (Fsp3) is 0.312. The summed E-state index contributed by atoms with van der Waals surface area (Å²) in [6.07, 6.45) is 1.57.